The SMILES string of the molecule is Cc1nn(-c2nc(-c3cc4ccccc4o3)c(SC(C)C)s2)cc1-c1cccc(F)c1.O=C=O. The fourth-order valence-corrected chi connectivity index (χ4v) is 5.85. The number of hydrogen-bond acceptors (Lipinski definition) is 7. The van der Waals surface area contributed by atoms with E-state index in [4.69, 9.17) is 19.0 Å². The summed E-state index contributed by atoms with van der Waals surface area (Å²) in [5, 5.41) is 6.87. The first-order valence-corrected chi connectivity index (χ1v) is 12.1. The van der Waals surface area contributed by atoms with Crippen molar-refractivity contribution in [2.24, 2.45) is 0 Å². The molecule has 0 saturated carbocycles. The van der Waals surface area contributed by atoms with Crippen LogP contribution in [0.1, 0.15) is 19.5 Å². The summed E-state index contributed by atoms with van der Waals surface area (Å²) in [6.07, 6.45) is 2.16. The summed E-state index contributed by atoms with van der Waals surface area (Å²) in [5.41, 5.74) is 4.18. The van der Waals surface area contributed by atoms with Gasteiger partial charge in [-0.05, 0) is 36.8 Å². The number of thiazole rings is 1. The van der Waals surface area contributed by atoms with Crippen LogP contribution in [-0.2, 0) is 9.59 Å². The van der Waals surface area contributed by atoms with Crippen molar-refractivity contribution in [3.05, 3.63) is 72.3 Å². The second-order valence-corrected chi connectivity index (χ2v) is 10.4. The highest BCUT2D eigenvalue weighted by atomic mass is 32.2. The molecule has 0 amide bonds. The van der Waals surface area contributed by atoms with E-state index < -0.39 is 0 Å². The molecule has 0 atom stereocenters. The number of carbonyl (C=O) groups excluding carboxylic acids is 2. The van der Waals surface area contributed by atoms with Crippen LogP contribution in [0.5, 0.6) is 0 Å². The van der Waals surface area contributed by atoms with E-state index in [1.165, 1.54) is 12.1 Å². The summed E-state index contributed by atoms with van der Waals surface area (Å²) < 4.78 is 22.7. The van der Waals surface area contributed by atoms with Crippen LogP contribution in [0.2, 0.25) is 0 Å². The first-order chi connectivity index (χ1) is 16.4. The maximum absolute atomic E-state index is 13.7. The topological polar surface area (TPSA) is 78.0 Å². The average molecular weight is 494 g/mol. The van der Waals surface area contributed by atoms with E-state index in [1.807, 2.05) is 49.5 Å². The zero-order valence-corrected chi connectivity index (χ0v) is 20.2. The normalized spacial score (nSPS) is 10.9. The Bertz CT molecular complexity index is 1450. The molecule has 5 rings (SSSR count). The van der Waals surface area contributed by atoms with Gasteiger partial charge in [0.1, 0.15) is 17.1 Å². The molecule has 0 aliphatic carbocycles. The number of para-hydroxylation sites is 1. The van der Waals surface area contributed by atoms with Crippen LogP contribution in [0.25, 0.3) is 38.7 Å². The number of aromatic nitrogens is 3. The molecule has 6 nitrogen and oxygen atoms in total. The van der Waals surface area contributed by atoms with Crippen molar-refractivity contribution in [3.8, 4) is 27.7 Å². The summed E-state index contributed by atoms with van der Waals surface area (Å²) >= 11 is 3.34. The Morgan fingerprint density at radius 3 is 2.59 bits per heavy atom. The first-order valence-electron chi connectivity index (χ1n) is 10.4. The summed E-state index contributed by atoms with van der Waals surface area (Å²) in [5.74, 6) is 0.489. The van der Waals surface area contributed by atoms with Crippen molar-refractivity contribution in [1.29, 1.82) is 0 Å². The lowest BCUT2D eigenvalue weighted by Crippen LogP contribution is -1.93. The lowest BCUT2D eigenvalue weighted by Gasteiger charge is -2.02. The highest BCUT2D eigenvalue weighted by molar-refractivity contribution is 8.01. The lowest BCUT2D eigenvalue weighted by molar-refractivity contribution is -0.191. The fourth-order valence-electron chi connectivity index (χ4n) is 3.44. The number of nitrogens with zero attached hydrogens (tertiary/aromatic N) is 3. The minimum Gasteiger partial charge on any atom is -0.454 e. The number of halogens is 1. The lowest BCUT2D eigenvalue weighted by atomic mass is 10.1. The van der Waals surface area contributed by atoms with Crippen molar-refractivity contribution in [1.82, 2.24) is 14.8 Å². The monoisotopic (exact) mass is 493 g/mol. The van der Waals surface area contributed by atoms with Gasteiger partial charge < -0.3 is 4.42 Å². The summed E-state index contributed by atoms with van der Waals surface area (Å²) in [4.78, 5) is 21.1. The molecule has 172 valence electrons. The molecule has 2 aromatic carbocycles. The molecule has 3 heterocycles. The van der Waals surface area contributed by atoms with Gasteiger partial charge in [0.05, 0.1) is 9.90 Å². The molecule has 0 unspecified atom stereocenters. The van der Waals surface area contributed by atoms with E-state index in [0.29, 0.717) is 5.25 Å². The van der Waals surface area contributed by atoms with E-state index in [1.54, 1.807) is 33.8 Å². The van der Waals surface area contributed by atoms with Gasteiger partial charge >= 0.3 is 6.15 Å². The van der Waals surface area contributed by atoms with Gasteiger partial charge in [-0.25, -0.2) is 14.1 Å². The van der Waals surface area contributed by atoms with Gasteiger partial charge in [0.15, 0.2) is 5.76 Å². The number of hydrogen-bond donors (Lipinski definition) is 0. The van der Waals surface area contributed by atoms with Crippen LogP contribution in [0.15, 0.2) is 69.4 Å². The highest BCUT2D eigenvalue weighted by Gasteiger charge is 2.21. The van der Waals surface area contributed by atoms with Crippen LogP contribution in [-0.4, -0.2) is 26.2 Å². The van der Waals surface area contributed by atoms with Crippen molar-refractivity contribution in [3.63, 3.8) is 0 Å². The third-order valence-corrected chi connectivity index (χ3v) is 7.07. The van der Waals surface area contributed by atoms with Gasteiger partial charge in [-0.1, -0.05) is 55.5 Å². The number of thioether (sulfide) groups is 1. The Labute approximate surface area is 203 Å². The molecule has 5 aromatic rings. The molecule has 3 aromatic heterocycles. The first kappa shape index (κ1) is 23.6. The Kier molecular flexibility index (Phi) is 7.07. The summed E-state index contributed by atoms with van der Waals surface area (Å²) in [7, 11) is 0. The molecule has 9 heteroatoms. The van der Waals surface area contributed by atoms with Crippen LogP contribution in [0.4, 0.5) is 4.39 Å². The maximum Gasteiger partial charge on any atom is 0.373 e. The van der Waals surface area contributed by atoms with E-state index in [9.17, 15) is 4.39 Å². The number of aryl methyl sites for hydroxylation is 1. The average Bonchev–Trinajstić information content (AvgIpc) is 3.50. The molecule has 0 radical (unpaired) electrons. The smallest absolute Gasteiger partial charge is 0.373 e. The maximum atomic E-state index is 13.7. The Hall–Kier alpha value is -3.52. The van der Waals surface area contributed by atoms with E-state index >= 15 is 0 Å². The minimum absolute atomic E-state index is 0.250. The Balaban J connectivity index is 0.000000868. The van der Waals surface area contributed by atoms with Gasteiger partial charge in [0.2, 0.25) is 5.13 Å². The zero-order chi connectivity index (χ0) is 24.2. The molecule has 0 spiro atoms. The highest BCUT2D eigenvalue weighted by Crippen LogP contribution is 2.41. The van der Waals surface area contributed by atoms with Gasteiger partial charge in [-0.15, -0.1) is 11.8 Å². The number of rotatable bonds is 5. The van der Waals surface area contributed by atoms with Crippen molar-refractivity contribution in [2.75, 3.05) is 0 Å². The minimum atomic E-state index is -0.262. The quantitative estimate of drug-likeness (QED) is 0.251. The van der Waals surface area contributed by atoms with Crippen molar-refractivity contribution >= 4 is 40.2 Å². The van der Waals surface area contributed by atoms with E-state index in [2.05, 4.69) is 18.9 Å². The third kappa shape index (κ3) is 5.02. The molecule has 0 aliphatic rings. The summed E-state index contributed by atoms with van der Waals surface area (Å²) in [6.45, 7) is 6.24. The number of furan rings is 1. The van der Waals surface area contributed by atoms with E-state index in [-0.39, 0.29) is 12.0 Å². The standard InChI is InChI=1S/C24H20FN3OS2.CO2/c1-14(2)30-23-22(21-12-17-7-4-5-10-20(17)29-21)26-24(31-23)28-13-19(15(3)27-28)16-8-6-9-18(25)11-16;2-1-3/h4-14H,1-3H3;. The van der Waals surface area contributed by atoms with Crippen molar-refractivity contribution < 1.29 is 18.4 Å². The molecule has 34 heavy (non-hydrogen) atoms. The van der Waals surface area contributed by atoms with Gasteiger partial charge in [-0.3, -0.25) is 0 Å². The van der Waals surface area contributed by atoms with Crippen LogP contribution in [0, 0.1) is 12.7 Å². The van der Waals surface area contributed by atoms with Crippen LogP contribution < -0.4 is 0 Å². The molecular formula is C25H20FN3O3S2. The zero-order valence-electron chi connectivity index (χ0n) is 18.6. The third-order valence-electron chi connectivity index (χ3n) is 4.82. The largest absolute Gasteiger partial charge is 0.454 e. The molecular weight excluding hydrogens is 473 g/mol. The Morgan fingerprint density at radius 2 is 1.88 bits per heavy atom. The van der Waals surface area contributed by atoms with Gasteiger partial charge in [-0.2, -0.15) is 14.7 Å². The predicted molar refractivity (Wildman–Crippen MR) is 131 cm³/mol. The van der Waals surface area contributed by atoms with Crippen LogP contribution >= 0.6 is 23.1 Å². The second kappa shape index (κ2) is 10.2. The molecule has 0 bridgehead atoms. The molecule has 0 aliphatic heterocycles. The van der Waals surface area contributed by atoms with E-state index in [0.717, 1.165) is 48.6 Å². The Morgan fingerprint density at radius 1 is 1.12 bits per heavy atom. The van der Waals surface area contributed by atoms with Crippen molar-refractivity contribution in [2.45, 2.75) is 30.2 Å². The van der Waals surface area contributed by atoms with Gasteiger partial charge in [0, 0.05) is 22.4 Å². The predicted octanol–water partition coefficient (Wildman–Crippen LogP) is 6.77. The molecule has 0 N–H and O–H groups in total. The fraction of sp³-hybridized carbons (Fsp3) is 0.160. The van der Waals surface area contributed by atoms with Crippen LogP contribution in [0.3, 0.4) is 0 Å². The molecule has 0 saturated heterocycles. The number of benzene rings is 2. The number of fused-ring (bicyclic) bond motifs is 1. The van der Waals surface area contributed by atoms with Gasteiger partial charge in [0.25, 0.3) is 0 Å². The molecule has 0 fully saturated rings. The second-order valence-electron chi connectivity index (χ2n) is 7.61. The summed E-state index contributed by atoms with van der Waals surface area (Å²) in [6, 6.07) is 16.6.